The quantitative estimate of drug-likeness (QED) is 0.770. The third-order valence-corrected chi connectivity index (χ3v) is 2.14. The summed E-state index contributed by atoms with van der Waals surface area (Å²) >= 11 is 0. The highest BCUT2D eigenvalue weighted by Crippen LogP contribution is 2.10. The molecule has 0 radical (unpaired) electrons. The molecule has 18 heavy (non-hydrogen) atoms. The fraction of sp³-hybridized carbons (Fsp3) is 0.385. The van der Waals surface area contributed by atoms with E-state index in [9.17, 15) is 9.59 Å². The van der Waals surface area contributed by atoms with Crippen molar-refractivity contribution in [2.75, 3.05) is 13.2 Å². The van der Waals surface area contributed by atoms with Gasteiger partial charge < -0.3 is 14.8 Å². The van der Waals surface area contributed by atoms with Crippen molar-refractivity contribution >= 4 is 11.9 Å². The van der Waals surface area contributed by atoms with Gasteiger partial charge in [-0.05, 0) is 26.0 Å². The summed E-state index contributed by atoms with van der Waals surface area (Å²) in [5.74, 6) is -0.207. The summed E-state index contributed by atoms with van der Waals surface area (Å²) in [6.07, 6.45) is -0.665. The Morgan fingerprint density at radius 2 is 1.94 bits per heavy atom. The maximum Gasteiger partial charge on any atom is 0.325 e. The highest BCUT2D eigenvalue weighted by molar-refractivity contribution is 5.84. The summed E-state index contributed by atoms with van der Waals surface area (Å²) in [5.41, 5.74) is 0. The van der Waals surface area contributed by atoms with Crippen LogP contribution in [0.25, 0.3) is 0 Å². The van der Waals surface area contributed by atoms with Gasteiger partial charge in [0, 0.05) is 0 Å². The third-order valence-electron chi connectivity index (χ3n) is 2.14. The fourth-order valence-corrected chi connectivity index (χ4v) is 1.27. The van der Waals surface area contributed by atoms with Gasteiger partial charge in [-0.3, -0.25) is 9.59 Å². The van der Waals surface area contributed by atoms with Crippen LogP contribution < -0.4 is 10.1 Å². The largest absolute Gasteiger partial charge is 0.481 e. The predicted molar refractivity (Wildman–Crippen MR) is 66.2 cm³/mol. The first kappa shape index (κ1) is 14.0. The van der Waals surface area contributed by atoms with Crippen LogP contribution in [0.15, 0.2) is 30.3 Å². The Morgan fingerprint density at radius 3 is 2.56 bits per heavy atom. The zero-order valence-corrected chi connectivity index (χ0v) is 10.5. The van der Waals surface area contributed by atoms with Gasteiger partial charge in [0.25, 0.3) is 5.91 Å². The molecule has 0 spiro atoms. The van der Waals surface area contributed by atoms with Crippen LogP contribution in [0.4, 0.5) is 0 Å². The summed E-state index contributed by atoms with van der Waals surface area (Å²) in [6, 6.07) is 9.01. The zero-order chi connectivity index (χ0) is 13.4. The second kappa shape index (κ2) is 7.32. The Balaban J connectivity index is 2.35. The molecular weight excluding hydrogens is 234 g/mol. The van der Waals surface area contributed by atoms with Crippen molar-refractivity contribution in [2.24, 2.45) is 0 Å². The molecule has 0 aliphatic rings. The molecule has 0 saturated heterocycles. The molecule has 98 valence electrons. The molecule has 0 aliphatic carbocycles. The van der Waals surface area contributed by atoms with Gasteiger partial charge in [0.1, 0.15) is 12.3 Å². The van der Waals surface area contributed by atoms with Crippen molar-refractivity contribution < 1.29 is 19.1 Å². The number of ether oxygens (including phenoxy) is 2. The number of rotatable bonds is 6. The number of hydrogen-bond acceptors (Lipinski definition) is 4. The van der Waals surface area contributed by atoms with E-state index in [1.54, 1.807) is 26.0 Å². The van der Waals surface area contributed by atoms with E-state index in [0.29, 0.717) is 12.4 Å². The minimum atomic E-state index is -0.665. The van der Waals surface area contributed by atoms with Crippen LogP contribution in [0.3, 0.4) is 0 Å². The summed E-state index contributed by atoms with van der Waals surface area (Å²) in [6.45, 7) is 3.48. The fourth-order valence-electron chi connectivity index (χ4n) is 1.27. The lowest BCUT2D eigenvalue weighted by atomic mass is 10.3. The maximum atomic E-state index is 11.6. The van der Waals surface area contributed by atoms with E-state index in [0.717, 1.165) is 0 Å². The smallest absolute Gasteiger partial charge is 0.325 e. The van der Waals surface area contributed by atoms with E-state index in [1.165, 1.54) is 0 Å². The van der Waals surface area contributed by atoms with Crippen LogP contribution in [0, 0.1) is 0 Å². The molecule has 1 atom stereocenters. The molecule has 0 fully saturated rings. The lowest BCUT2D eigenvalue weighted by Gasteiger charge is -2.14. The van der Waals surface area contributed by atoms with Gasteiger partial charge in [0.05, 0.1) is 6.61 Å². The van der Waals surface area contributed by atoms with Gasteiger partial charge in [-0.1, -0.05) is 18.2 Å². The molecule has 1 aromatic rings. The zero-order valence-electron chi connectivity index (χ0n) is 10.5. The number of amides is 1. The van der Waals surface area contributed by atoms with Gasteiger partial charge in [-0.15, -0.1) is 0 Å². The first-order chi connectivity index (χ1) is 8.63. The van der Waals surface area contributed by atoms with Gasteiger partial charge in [-0.2, -0.15) is 0 Å². The molecule has 5 heteroatoms. The predicted octanol–water partition coefficient (Wildman–Crippen LogP) is 1.13. The monoisotopic (exact) mass is 251 g/mol. The molecule has 1 rings (SSSR count). The van der Waals surface area contributed by atoms with E-state index < -0.39 is 12.1 Å². The summed E-state index contributed by atoms with van der Waals surface area (Å²) < 4.78 is 10.1. The lowest BCUT2D eigenvalue weighted by Crippen LogP contribution is -2.39. The second-order valence-electron chi connectivity index (χ2n) is 3.60. The Morgan fingerprint density at radius 1 is 1.28 bits per heavy atom. The van der Waals surface area contributed by atoms with Crippen LogP contribution in [-0.4, -0.2) is 31.1 Å². The Labute approximate surface area is 106 Å². The van der Waals surface area contributed by atoms with E-state index >= 15 is 0 Å². The van der Waals surface area contributed by atoms with E-state index in [2.05, 4.69) is 5.32 Å². The highest BCUT2D eigenvalue weighted by atomic mass is 16.5. The number of carbonyl (C=O) groups excluding carboxylic acids is 2. The number of carbonyl (C=O) groups is 2. The van der Waals surface area contributed by atoms with E-state index in [1.807, 2.05) is 18.2 Å². The van der Waals surface area contributed by atoms with Crippen molar-refractivity contribution in [3.63, 3.8) is 0 Å². The summed E-state index contributed by atoms with van der Waals surface area (Å²) in [5, 5.41) is 2.45. The van der Waals surface area contributed by atoms with Crippen LogP contribution in [0.1, 0.15) is 13.8 Å². The van der Waals surface area contributed by atoms with Crippen molar-refractivity contribution in [2.45, 2.75) is 20.0 Å². The maximum absolute atomic E-state index is 11.6. The SMILES string of the molecule is CCOC(=O)CNC(=O)[C@H](C)Oc1ccccc1. The number of esters is 1. The van der Waals surface area contributed by atoms with Gasteiger partial charge in [0.2, 0.25) is 0 Å². The van der Waals surface area contributed by atoms with E-state index in [-0.39, 0.29) is 12.5 Å². The standard InChI is InChI=1S/C13H17NO4/c1-3-17-12(15)9-14-13(16)10(2)18-11-7-5-4-6-8-11/h4-8,10H,3,9H2,1-2H3,(H,14,16)/t10-/m0/s1. The van der Waals surface area contributed by atoms with Crippen LogP contribution >= 0.6 is 0 Å². The molecule has 0 unspecified atom stereocenters. The summed E-state index contributed by atoms with van der Waals surface area (Å²) in [4.78, 5) is 22.7. The molecule has 0 aliphatic heterocycles. The first-order valence-corrected chi connectivity index (χ1v) is 5.78. The molecule has 1 N–H and O–H groups in total. The molecule has 0 heterocycles. The van der Waals surface area contributed by atoms with Gasteiger partial charge in [-0.25, -0.2) is 0 Å². The average molecular weight is 251 g/mol. The third kappa shape index (κ3) is 4.86. The summed E-state index contributed by atoms with van der Waals surface area (Å²) in [7, 11) is 0. The molecule has 0 bridgehead atoms. The Hall–Kier alpha value is -2.04. The van der Waals surface area contributed by atoms with Crippen molar-refractivity contribution in [1.29, 1.82) is 0 Å². The molecule has 1 aromatic carbocycles. The normalized spacial score (nSPS) is 11.4. The molecule has 0 aromatic heterocycles. The topological polar surface area (TPSA) is 64.6 Å². The number of benzene rings is 1. The minimum Gasteiger partial charge on any atom is -0.481 e. The lowest BCUT2D eigenvalue weighted by molar-refractivity contribution is -0.144. The van der Waals surface area contributed by atoms with Gasteiger partial charge in [0.15, 0.2) is 6.10 Å². The Kier molecular flexibility index (Phi) is 5.70. The highest BCUT2D eigenvalue weighted by Gasteiger charge is 2.15. The van der Waals surface area contributed by atoms with Crippen molar-refractivity contribution in [3.8, 4) is 5.75 Å². The molecule has 5 nitrogen and oxygen atoms in total. The van der Waals surface area contributed by atoms with Crippen LogP contribution in [0.5, 0.6) is 5.75 Å². The van der Waals surface area contributed by atoms with Crippen LogP contribution in [-0.2, 0) is 14.3 Å². The average Bonchev–Trinajstić information content (AvgIpc) is 2.37. The minimum absolute atomic E-state index is 0.144. The van der Waals surface area contributed by atoms with Crippen LogP contribution in [0.2, 0.25) is 0 Å². The number of hydrogen-bond donors (Lipinski definition) is 1. The number of nitrogens with one attached hydrogen (secondary N) is 1. The second-order valence-corrected chi connectivity index (χ2v) is 3.60. The van der Waals surface area contributed by atoms with E-state index in [4.69, 9.17) is 9.47 Å². The first-order valence-electron chi connectivity index (χ1n) is 5.78. The number of para-hydroxylation sites is 1. The molecule has 1 amide bonds. The molecular formula is C13H17NO4. The Bertz CT molecular complexity index is 391. The molecule has 0 saturated carbocycles. The van der Waals surface area contributed by atoms with Crippen molar-refractivity contribution in [1.82, 2.24) is 5.32 Å². The van der Waals surface area contributed by atoms with Crippen molar-refractivity contribution in [3.05, 3.63) is 30.3 Å². The van der Waals surface area contributed by atoms with Gasteiger partial charge >= 0.3 is 5.97 Å².